The molecule has 8 heteroatoms. The van der Waals surface area contributed by atoms with Crippen LogP contribution in [0.1, 0.15) is 5.56 Å². The molecule has 0 aliphatic rings. The molecule has 2 N–H and O–H groups in total. The average Bonchev–Trinajstić information content (AvgIpc) is 2.88. The molecule has 0 bridgehead atoms. The van der Waals surface area contributed by atoms with Gasteiger partial charge in [-0.25, -0.2) is 9.97 Å². The molecule has 0 aliphatic carbocycles. The lowest BCUT2D eigenvalue weighted by molar-refractivity contribution is -0.111. The Labute approximate surface area is 198 Å². The molecular weight excluding hydrogens is 428 g/mol. The molecule has 4 rings (SSSR count). The van der Waals surface area contributed by atoms with Gasteiger partial charge >= 0.3 is 0 Å². The second-order valence-corrected chi connectivity index (χ2v) is 7.34. The van der Waals surface area contributed by atoms with Gasteiger partial charge in [0.25, 0.3) is 0 Å². The molecule has 0 saturated heterocycles. The van der Waals surface area contributed by atoms with Crippen molar-refractivity contribution in [2.24, 2.45) is 0 Å². The minimum Gasteiger partial charge on any atom is -0.489 e. The van der Waals surface area contributed by atoms with Crippen LogP contribution in [0.5, 0.6) is 5.75 Å². The summed E-state index contributed by atoms with van der Waals surface area (Å²) >= 11 is 0. The van der Waals surface area contributed by atoms with Crippen molar-refractivity contribution in [3.63, 3.8) is 0 Å². The Hall–Kier alpha value is -4.72. The first-order valence-corrected chi connectivity index (χ1v) is 10.6. The number of aromatic nitrogens is 3. The Kier molecular flexibility index (Phi) is 7.09. The molecule has 1 heterocycles. The first-order chi connectivity index (χ1) is 16.6. The van der Waals surface area contributed by atoms with Crippen LogP contribution < -0.4 is 20.3 Å². The minimum atomic E-state index is -0.280. The SMILES string of the molecule is C=CC(=O)Nc1cccc(Nc2ncnc(N(C)c3ccc(OCc4ccccc4)cc3)n2)c1. The van der Waals surface area contributed by atoms with Crippen LogP contribution in [0.2, 0.25) is 0 Å². The Morgan fingerprint density at radius 3 is 2.53 bits per heavy atom. The van der Waals surface area contributed by atoms with E-state index in [0.717, 1.165) is 22.7 Å². The summed E-state index contributed by atoms with van der Waals surface area (Å²) in [4.78, 5) is 26.4. The summed E-state index contributed by atoms with van der Waals surface area (Å²) in [5.74, 6) is 1.36. The number of hydrogen-bond donors (Lipinski definition) is 2. The van der Waals surface area contributed by atoms with Crippen molar-refractivity contribution in [3.05, 3.63) is 103 Å². The lowest BCUT2D eigenvalue weighted by Gasteiger charge is -2.18. The van der Waals surface area contributed by atoms with Crippen molar-refractivity contribution in [2.45, 2.75) is 6.61 Å². The smallest absolute Gasteiger partial charge is 0.247 e. The molecule has 8 nitrogen and oxygen atoms in total. The van der Waals surface area contributed by atoms with Gasteiger partial charge in [-0.2, -0.15) is 4.98 Å². The summed E-state index contributed by atoms with van der Waals surface area (Å²) in [5, 5.41) is 5.86. The maximum absolute atomic E-state index is 11.5. The predicted octanol–water partition coefficient (Wildman–Crippen LogP) is 5.09. The van der Waals surface area contributed by atoms with Crippen LogP contribution in [0.4, 0.5) is 29.0 Å². The lowest BCUT2D eigenvalue weighted by atomic mass is 10.2. The number of carbonyl (C=O) groups is 1. The van der Waals surface area contributed by atoms with E-state index in [1.54, 1.807) is 12.1 Å². The molecule has 0 fully saturated rings. The third-order valence-electron chi connectivity index (χ3n) is 4.90. The second-order valence-electron chi connectivity index (χ2n) is 7.34. The molecular formula is C26H24N6O2. The molecule has 0 aliphatic heterocycles. The van der Waals surface area contributed by atoms with Crippen molar-refractivity contribution in [3.8, 4) is 5.75 Å². The fourth-order valence-electron chi connectivity index (χ4n) is 3.13. The Morgan fingerprint density at radius 2 is 1.76 bits per heavy atom. The zero-order valence-electron chi connectivity index (χ0n) is 18.7. The fourth-order valence-corrected chi connectivity index (χ4v) is 3.13. The van der Waals surface area contributed by atoms with E-state index in [-0.39, 0.29) is 5.91 Å². The second kappa shape index (κ2) is 10.7. The van der Waals surface area contributed by atoms with Crippen molar-refractivity contribution in [1.29, 1.82) is 0 Å². The molecule has 0 unspecified atom stereocenters. The van der Waals surface area contributed by atoms with Crippen LogP contribution in [0.15, 0.2) is 97.8 Å². The van der Waals surface area contributed by atoms with E-state index >= 15 is 0 Å². The topological polar surface area (TPSA) is 92.3 Å². The van der Waals surface area contributed by atoms with Gasteiger partial charge in [-0.3, -0.25) is 4.79 Å². The van der Waals surface area contributed by atoms with Gasteiger partial charge in [0, 0.05) is 24.1 Å². The summed E-state index contributed by atoms with van der Waals surface area (Å²) in [6, 6.07) is 25.0. The van der Waals surface area contributed by atoms with Gasteiger partial charge in [-0.1, -0.05) is 43.0 Å². The first kappa shape index (κ1) is 22.5. The third-order valence-corrected chi connectivity index (χ3v) is 4.90. The monoisotopic (exact) mass is 452 g/mol. The Morgan fingerprint density at radius 1 is 1.00 bits per heavy atom. The van der Waals surface area contributed by atoms with Gasteiger partial charge in [-0.05, 0) is 54.1 Å². The van der Waals surface area contributed by atoms with E-state index in [1.807, 2.05) is 78.7 Å². The Bertz CT molecular complexity index is 1260. The van der Waals surface area contributed by atoms with Crippen molar-refractivity contribution < 1.29 is 9.53 Å². The van der Waals surface area contributed by atoms with Gasteiger partial charge < -0.3 is 20.3 Å². The van der Waals surface area contributed by atoms with Gasteiger partial charge in [0.15, 0.2) is 0 Å². The highest BCUT2D eigenvalue weighted by Crippen LogP contribution is 2.25. The van der Waals surface area contributed by atoms with Crippen molar-refractivity contribution in [1.82, 2.24) is 15.0 Å². The highest BCUT2D eigenvalue weighted by molar-refractivity contribution is 5.99. The molecule has 0 radical (unpaired) electrons. The highest BCUT2D eigenvalue weighted by Gasteiger charge is 2.10. The Balaban J connectivity index is 1.41. The number of carbonyl (C=O) groups excluding carboxylic acids is 1. The number of anilines is 5. The lowest BCUT2D eigenvalue weighted by Crippen LogP contribution is -2.14. The largest absolute Gasteiger partial charge is 0.489 e. The number of hydrogen-bond acceptors (Lipinski definition) is 7. The predicted molar refractivity (Wildman–Crippen MR) is 134 cm³/mol. The van der Waals surface area contributed by atoms with Gasteiger partial charge in [0.2, 0.25) is 17.8 Å². The summed E-state index contributed by atoms with van der Waals surface area (Å²) in [6.45, 7) is 3.97. The van der Waals surface area contributed by atoms with E-state index in [4.69, 9.17) is 4.74 Å². The summed E-state index contributed by atoms with van der Waals surface area (Å²) in [5.41, 5.74) is 3.37. The minimum absolute atomic E-state index is 0.280. The van der Waals surface area contributed by atoms with E-state index in [2.05, 4.69) is 32.2 Å². The first-order valence-electron chi connectivity index (χ1n) is 10.6. The van der Waals surface area contributed by atoms with Crippen LogP contribution in [-0.4, -0.2) is 27.9 Å². The van der Waals surface area contributed by atoms with Crippen LogP contribution in [0, 0.1) is 0 Å². The molecule has 0 saturated carbocycles. The maximum Gasteiger partial charge on any atom is 0.247 e. The fraction of sp³-hybridized carbons (Fsp3) is 0.0769. The number of amides is 1. The highest BCUT2D eigenvalue weighted by atomic mass is 16.5. The number of nitrogens with zero attached hydrogens (tertiary/aromatic N) is 4. The van der Waals surface area contributed by atoms with Crippen LogP contribution in [-0.2, 0) is 11.4 Å². The molecule has 4 aromatic rings. The van der Waals surface area contributed by atoms with E-state index in [9.17, 15) is 4.79 Å². The van der Waals surface area contributed by atoms with E-state index < -0.39 is 0 Å². The molecule has 0 atom stereocenters. The van der Waals surface area contributed by atoms with Crippen LogP contribution >= 0.6 is 0 Å². The van der Waals surface area contributed by atoms with Crippen LogP contribution in [0.25, 0.3) is 0 Å². The number of rotatable bonds is 9. The van der Waals surface area contributed by atoms with Crippen LogP contribution in [0.3, 0.4) is 0 Å². The van der Waals surface area contributed by atoms with Gasteiger partial charge in [-0.15, -0.1) is 0 Å². The van der Waals surface area contributed by atoms with Crippen molar-refractivity contribution >= 4 is 34.9 Å². The van der Waals surface area contributed by atoms with E-state index in [0.29, 0.717) is 24.2 Å². The molecule has 1 aromatic heterocycles. The normalized spacial score (nSPS) is 10.3. The molecule has 0 spiro atoms. The molecule has 170 valence electrons. The summed E-state index contributed by atoms with van der Waals surface area (Å²) in [7, 11) is 1.88. The molecule has 3 aromatic carbocycles. The molecule has 34 heavy (non-hydrogen) atoms. The van der Waals surface area contributed by atoms with Crippen molar-refractivity contribution in [2.75, 3.05) is 22.6 Å². The summed E-state index contributed by atoms with van der Waals surface area (Å²) < 4.78 is 5.86. The third kappa shape index (κ3) is 5.95. The quantitative estimate of drug-likeness (QED) is 0.342. The maximum atomic E-state index is 11.5. The van der Waals surface area contributed by atoms with Gasteiger partial charge in [0.1, 0.15) is 18.7 Å². The number of nitrogens with one attached hydrogen (secondary N) is 2. The van der Waals surface area contributed by atoms with Gasteiger partial charge in [0.05, 0.1) is 0 Å². The zero-order chi connectivity index (χ0) is 23.8. The molecule has 1 amide bonds. The standard InChI is InChI=1S/C26H24N6O2/c1-3-24(33)29-20-10-7-11-21(16-20)30-25-27-18-28-26(31-25)32(2)22-12-14-23(15-13-22)34-17-19-8-5-4-6-9-19/h3-16,18H,1,17H2,2H3,(H,29,33)(H,27,28,30,31). The number of benzene rings is 3. The summed E-state index contributed by atoms with van der Waals surface area (Å²) in [6.07, 6.45) is 2.66. The van der Waals surface area contributed by atoms with E-state index in [1.165, 1.54) is 12.4 Å². The average molecular weight is 453 g/mol. The number of ether oxygens (including phenoxy) is 1. The zero-order valence-corrected chi connectivity index (χ0v) is 18.7.